The molecule has 16 heavy (non-hydrogen) atoms. The van der Waals surface area contributed by atoms with Gasteiger partial charge in [0.2, 0.25) is 0 Å². The van der Waals surface area contributed by atoms with Gasteiger partial charge in [-0.3, -0.25) is 0 Å². The van der Waals surface area contributed by atoms with Gasteiger partial charge in [0.05, 0.1) is 10.0 Å². The van der Waals surface area contributed by atoms with E-state index >= 15 is 0 Å². The highest BCUT2D eigenvalue weighted by Gasteiger charge is 2.20. The van der Waals surface area contributed by atoms with E-state index in [0.29, 0.717) is 16.6 Å². The molecule has 0 saturated carbocycles. The fourth-order valence-electron chi connectivity index (χ4n) is 1.88. The number of benzene rings is 1. The van der Waals surface area contributed by atoms with Gasteiger partial charge >= 0.3 is 0 Å². The summed E-state index contributed by atoms with van der Waals surface area (Å²) in [4.78, 5) is 0. The summed E-state index contributed by atoms with van der Waals surface area (Å²) in [5.41, 5.74) is 6.80. The first-order chi connectivity index (χ1) is 7.63. The summed E-state index contributed by atoms with van der Waals surface area (Å²) in [5.74, 6) is 0.298. The molecule has 0 bridgehead atoms. The number of rotatable bonds is 5. The molecular weight excluding hydrogens is 245 g/mol. The maximum absolute atomic E-state index is 9.30. The molecule has 1 aromatic rings. The third kappa shape index (κ3) is 3.11. The van der Waals surface area contributed by atoms with E-state index < -0.39 is 0 Å². The largest absolute Gasteiger partial charge is 0.396 e. The minimum Gasteiger partial charge on any atom is -0.396 e. The van der Waals surface area contributed by atoms with Gasteiger partial charge in [0.25, 0.3) is 0 Å². The Hall–Kier alpha value is -0.280. The van der Waals surface area contributed by atoms with E-state index in [2.05, 4.69) is 0 Å². The van der Waals surface area contributed by atoms with E-state index in [0.717, 1.165) is 12.0 Å². The molecule has 1 rings (SSSR count). The van der Waals surface area contributed by atoms with Crippen LogP contribution in [0.3, 0.4) is 0 Å². The first-order valence-electron chi connectivity index (χ1n) is 5.39. The van der Waals surface area contributed by atoms with Gasteiger partial charge in [-0.05, 0) is 30.2 Å². The summed E-state index contributed by atoms with van der Waals surface area (Å²) < 4.78 is 0. The van der Waals surface area contributed by atoms with Crippen LogP contribution in [0.25, 0.3) is 0 Å². The minimum absolute atomic E-state index is 0.129. The maximum Gasteiger partial charge on any atom is 0.0595 e. The molecule has 0 radical (unpaired) electrons. The number of aliphatic hydroxyl groups excluding tert-OH is 1. The maximum atomic E-state index is 9.30. The molecule has 0 saturated heterocycles. The fraction of sp³-hybridized carbons (Fsp3) is 0.500. The topological polar surface area (TPSA) is 46.2 Å². The predicted molar refractivity (Wildman–Crippen MR) is 69.1 cm³/mol. The number of nitrogens with two attached hydrogens (primary N) is 1. The van der Waals surface area contributed by atoms with Gasteiger partial charge in [-0.1, -0.05) is 42.6 Å². The van der Waals surface area contributed by atoms with E-state index in [4.69, 9.17) is 28.9 Å². The van der Waals surface area contributed by atoms with Crippen LogP contribution in [0.15, 0.2) is 18.2 Å². The average Bonchev–Trinajstić information content (AvgIpc) is 2.29. The lowest BCUT2D eigenvalue weighted by molar-refractivity contribution is 0.201. The monoisotopic (exact) mass is 261 g/mol. The third-order valence-electron chi connectivity index (χ3n) is 2.95. The molecule has 0 fully saturated rings. The van der Waals surface area contributed by atoms with Crippen LogP contribution in [-0.2, 0) is 0 Å². The molecule has 3 N–H and O–H groups in total. The standard InChI is InChI=1S/C12H17Cl2NO/c1-2-8(7-16)10(6-15)9-3-4-11(13)12(14)5-9/h3-5,8,10,16H,2,6-7,15H2,1H3/t8-,10-/m0/s1. The second kappa shape index (κ2) is 6.45. The molecule has 0 spiro atoms. The second-order valence-corrected chi connectivity index (χ2v) is 4.68. The first kappa shape index (κ1) is 13.8. The Labute approximate surface area is 106 Å². The Morgan fingerprint density at radius 1 is 1.31 bits per heavy atom. The summed E-state index contributed by atoms with van der Waals surface area (Å²) >= 11 is 11.8. The Morgan fingerprint density at radius 3 is 2.44 bits per heavy atom. The van der Waals surface area contributed by atoms with Crippen molar-refractivity contribution in [1.29, 1.82) is 0 Å². The Balaban J connectivity index is 2.98. The van der Waals surface area contributed by atoms with Gasteiger partial charge in [-0.2, -0.15) is 0 Å². The van der Waals surface area contributed by atoms with E-state index in [-0.39, 0.29) is 18.4 Å². The summed E-state index contributed by atoms with van der Waals surface area (Å²) in [5, 5.41) is 10.4. The predicted octanol–water partition coefficient (Wildman–Crippen LogP) is 3.05. The summed E-state index contributed by atoms with van der Waals surface area (Å²) in [6, 6.07) is 5.52. The first-order valence-corrected chi connectivity index (χ1v) is 6.15. The number of hydrogen-bond donors (Lipinski definition) is 2. The van der Waals surface area contributed by atoms with Crippen molar-refractivity contribution in [3.63, 3.8) is 0 Å². The zero-order valence-corrected chi connectivity index (χ0v) is 10.8. The van der Waals surface area contributed by atoms with Crippen molar-refractivity contribution in [3.8, 4) is 0 Å². The van der Waals surface area contributed by atoms with Crippen molar-refractivity contribution >= 4 is 23.2 Å². The molecule has 0 aliphatic heterocycles. The lowest BCUT2D eigenvalue weighted by Gasteiger charge is -2.23. The van der Waals surface area contributed by atoms with Crippen molar-refractivity contribution < 1.29 is 5.11 Å². The number of halogens is 2. The molecule has 0 aliphatic carbocycles. The summed E-state index contributed by atoms with van der Waals surface area (Å²) in [6.45, 7) is 2.68. The molecule has 2 atom stereocenters. The highest BCUT2D eigenvalue weighted by atomic mass is 35.5. The quantitative estimate of drug-likeness (QED) is 0.856. The van der Waals surface area contributed by atoms with Crippen molar-refractivity contribution in [3.05, 3.63) is 33.8 Å². The smallest absolute Gasteiger partial charge is 0.0595 e. The Kier molecular flexibility index (Phi) is 5.56. The van der Waals surface area contributed by atoms with E-state index in [1.807, 2.05) is 19.1 Å². The Bertz CT molecular complexity index is 340. The van der Waals surface area contributed by atoms with Crippen molar-refractivity contribution in [2.45, 2.75) is 19.3 Å². The van der Waals surface area contributed by atoms with Gasteiger partial charge in [0.1, 0.15) is 0 Å². The van der Waals surface area contributed by atoms with E-state index in [1.165, 1.54) is 0 Å². The third-order valence-corrected chi connectivity index (χ3v) is 3.69. The average molecular weight is 262 g/mol. The van der Waals surface area contributed by atoms with Gasteiger partial charge in [-0.25, -0.2) is 0 Å². The summed E-state index contributed by atoms with van der Waals surface area (Å²) in [7, 11) is 0. The van der Waals surface area contributed by atoms with Crippen molar-refractivity contribution in [1.82, 2.24) is 0 Å². The molecular formula is C12H17Cl2NO. The van der Waals surface area contributed by atoms with Crippen LogP contribution in [0.4, 0.5) is 0 Å². The van der Waals surface area contributed by atoms with Crippen LogP contribution in [0.1, 0.15) is 24.8 Å². The SMILES string of the molecule is CC[C@@H](CO)[C@H](CN)c1ccc(Cl)c(Cl)c1. The molecule has 0 amide bonds. The van der Waals surface area contributed by atoms with E-state index in [1.54, 1.807) is 6.07 Å². The summed E-state index contributed by atoms with van der Waals surface area (Å²) in [6.07, 6.45) is 0.888. The van der Waals surface area contributed by atoms with E-state index in [9.17, 15) is 5.11 Å². The van der Waals surface area contributed by atoms with Crippen molar-refractivity contribution in [2.24, 2.45) is 11.7 Å². The number of aliphatic hydroxyl groups is 1. The molecule has 0 heterocycles. The Morgan fingerprint density at radius 2 is 2.00 bits per heavy atom. The second-order valence-electron chi connectivity index (χ2n) is 3.87. The molecule has 1 aromatic carbocycles. The molecule has 0 aliphatic rings. The van der Waals surface area contributed by atoms with Crippen LogP contribution in [0.5, 0.6) is 0 Å². The lowest BCUT2D eigenvalue weighted by atomic mass is 9.85. The zero-order chi connectivity index (χ0) is 12.1. The van der Waals surface area contributed by atoms with Crippen LogP contribution in [0.2, 0.25) is 10.0 Å². The van der Waals surface area contributed by atoms with Gasteiger partial charge in [0.15, 0.2) is 0 Å². The molecule has 0 aromatic heterocycles. The highest BCUT2D eigenvalue weighted by Crippen LogP contribution is 2.31. The fourth-order valence-corrected chi connectivity index (χ4v) is 2.19. The molecule has 2 nitrogen and oxygen atoms in total. The lowest BCUT2D eigenvalue weighted by Crippen LogP contribution is -2.23. The van der Waals surface area contributed by atoms with Crippen LogP contribution < -0.4 is 5.73 Å². The highest BCUT2D eigenvalue weighted by molar-refractivity contribution is 6.42. The van der Waals surface area contributed by atoms with Gasteiger partial charge < -0.3 is 10.8 Å². The minimum atomic E-state index is 0.129. The van der Waals surface area contributed by atoms with Crippen LogP contribution in [0, 0.1) is 5.92 Å². The van der Waals surface area contributed by atoms with Crippen LogP contribution >= 0.6 is 23.2 Å². The molecule has 4 heteroatoms. The van der Waals surface area contributed by atoms with Gasteiger partial charge in [0, 0.05) is 12.5 Å². The van der Waals surface area contributed by atoms with Crippen LogP contribution in [-0.4, -0.2) is 18.3 Å². The molecule has 0 unspecified atom stereocenters. The van der Waals surface area contributed by atoms with Crippen molar-refractivity contribution in [2.75, 3.05) is 13.2 Å². The normalized spacial score (nSPS) is 14.8. The van der Waals surface area contributed by atoms with Gasteiger partial charge in [-0.15, -0.1) is 0 Å². The number of hydrogen-bond acceptors (Lipinski definition) is 2. The molecule has 90 valence electrons. The zero-order valence-electron chi connectivity index (χ0n) is 9.29.